The van der Waals surface area contributed by atoms with Gasteiger partial charge in [-0.2, -0.15) is 4.31 Å². The van der Waals surface area contributed by atoms with E-state index in [1.165, 1.54) is 22.5 Å². The molecule has 1 saturated heterocycles. The van der Waals surface area contributed by atoms with Gasteiger partial charge in [-0.1, -0.05) is 24.3 Å². The van der Waals surface area contributed by atoms with Crippen molar-refractivity contribution in [1.29, 1.82) is 0 Å². The van der Waals surface area contributed by atoms with Gasteiger partial charge in [0.25, 0.3) is 5.91 Å². The average molecular weight is 348 g/mol. The highest BCUT2D eigenvalue weighted by Gasteiger charge is 2.30. The summed E-state index contributed by atoms with van der Waals surface area (Å²) in [5.41, 5.74) is 0.582. The molecule has 0 atom stereocenters. The van der Waals surface area contributed by atoms with Crippen molar-refractivity contribution in [3.63, 3.8) is 0 Å². The predicted octanol–water partition coefficient (Wildman–Crippen LogP) is 1.97. The van der Waals surface area contributed by atoms with Crippen LogP contribution in [0.2, 0.25) is 0 Å². The lowest BCUT2D eigenvalue weighted by Crippen LogP contribution is -2.50. The van der Waals surface area contributed by atoms with Crippen molar-refractivity contribution < 1.29 is 17.6 Å². The van der Waals surface area contributed by atoms with E-state index in [1.807, 2.05) is 6.07 Å². The Hall–Kier alpha value is -2.25. The Morgan fingerprint density at radius 1 is 0.917 bits per heavy atom. The molecule has 24 heavy (non-hydrogen) atoms. The number of benzene rings is 2. The average Bonchev–Trinajstić information content (AvgIpc) is 2.62. The number of rotatable bonds is 3. The molecule has 1 aliphatic heterocycles. The quantitative estimate of drug-likeness (QED) is 0.852. The third-order valence-electron chi connectivity index (χ3n) is 3.98. The first-order valence-corrected chi connectivity index (χ1v) is 9.02. The van der Waals surface area contributed by atoms with Crippen LogP contribution in [0.5, 0.6) is 0 Å². The molecule has 0 bridgehead atoms. The van der Waals surface area contributed by atoms with Crippen LogP contribution in [0, 0.1) is 5.82 Å². The molecule has 0 unspecified atom stereocenters. The minimum Gasteiger partial charge on any atom is -0.336 e. The van der Waals surface area contributed by atoms with Gasteiger partial charge in [0.05, 0.1) is 4.90 Å². The van der Waals surface area contributed by atoms with E-state index in [2.05, 4.69) is 0 Å². The Balaban J connectivity index is 1.70. The van der Waals surface area contributed by atoms with Crippen LogP contribution in [0.1, 0.15) is 10.4 Å². The third kappa shape index (κ3) is 3.32. The first-order valence-electron chi connectivity index (χ1n) is 7.58. The SMILES string of the molecule is O=C(c1ccccc1)N1CCN(S(=O)(=O)c2cccc(F)c2)CC1. The van der Waals surface area contributed by atoms with E-state index in [1.54, 1.807) is 29.2 Å². The van der Waals surface area contributed by atoms with E-state index in [9.17, 15) is 17.6 Å². The molecule has 1 fully saturated rings. The molecular weight excluding hydrogens is 331 g/mol. The summed E-state index contributed by atoms with van der Waals surface area (Å²) in [5.74, 6) is -0.702. The number of nitrogens with zero attached hydrogens (tertiary/aromatic N) is 2. The molecule has 2 aromatic rings. The number of piperazine rings is 1. The molecule has 2 aromatic carbocycles. The van der Waals surface area contributed by atoms with Gasteiger partial charge < -0.3 is 4.90 Å². The van der Waals surface area contributed by atoms with E-state index in [0.717, 1.165) is 6.07 Å². The number of hydrogen-bond donors (Lipinski definition) is 0. The van der Waals surface area contributed by atoms with E-state index in [-0.39, 0.29) is 23.9 Å². The highest BCUT2D eigenvalue weighted by molar-refractivity contribution is 7.89. The van der Waals surface area contributed by atoms with Crippen molar-refractivity contribution in [3.8, 4) is 0 Å². The van der Waals surface area contributed by atoms with Crippen molar-refractivity contribution in [3.05, 3.63) is 66.0 Å². The lowest BCUT2D eigenvalue weighted by Gasteiger charge is -2.34. The maximum absolute atomic E-state index is 13.3. The predicted molar refractivity (Wildman–Crippen MR) is 87.5 cm³/mol. The molecule has 0 radical (unpaired) electrons. The molecule has 1 amide bonds. The van der Waals surface area contributed by atoms with Crippen LogP contribution in [0.3, 0.4) is 0 Å². The van der Waals surface area contributed by atoms with Crippen molar-refractivity contribution in [2.24, 2.45) is 0 Å². The molecule has 0 aliphatic carbocycles. The van der Waals surface area contributed by atoms with Crippen LogP contribution < -0.4 is 0 Å². The molecule has 1 aliphatic rings. The topological polar surface area (TPSA) is 57.7 Å². The molecule has 3 rings (SSSR count). The Bertz CT molecular complexity index is 832. The second-order valence-electron chi connectivity index (χ2n) is 5.52. The van der Waals surface area contributed by atoms with Crippen molar-refractivity contribution in [2.45, 2.75) is 4.90 Å². The first kappa shape index (κ1) is 16.6. The summed E-state index contributed by atoms with van der Waals surface area (Å²) >= 11 is 0. The summed E-state index contributed by atoms with van der Waals surface area (Å²) in [6.07, 6.45) is 0. The molecular formula is C17H17FN2O3S. The zero-order valence-corrected chi connectivity index (χ0v) is 13.7. The molecule has 0 spiro atoms. The monoisotopic (exact) mass is 348 g/mol. The number of sulfonamides is 1. The van der Waals surface area contributed by atoms with Crippen molar-refractivity contribution in [2.75, 3.05) is 26.2 Å². The van der Waals surface area contributed by atoms with Gasteiger partial charge in [0.1, 0.15) is 5.82 Å². The second-order valence-corrected chi connectivity index (χ2v) is 7.46. The lowest BCUT2D eigenvalue weighted by atomic mass is 10.2. The van der Waals surface area contributed by atoms with Gasteiger partial charge in [-0.05, 0) is 30.3 Å². The van der Waals surface area contributed by atoms with Crippen LogP contribution >= 0.6 is 0 Å². The Morgan fingerprint density at radius 2 is 1.58 bits per heavy atom. The van der Waals surface area contributed by atoms with Crippen LogP contribution in [0.15, 0.2) is 59.5 Å². The summed E-state index contributed by atoms with van der Waals surface area (Å²) in [5, 5.41) is 0. The highest BCUT2D eigenvalue weighted by Crippen LogP contribution is 2.19. The van der Waals surface area contributed by atoms with Gasteiger partial charge >= 0.3 is 0 Å². The molecule has 0 aromatic heterocycles. The molecule has 5 nitrogen and oxygen atoms in total. The maximum atomic E-state index is 13.3. The molecule has 0 N–H and O–H groups in total. The van der Waals surface area contributed by atoms with Crippen molar-refractivity contribution in [1.82, 2.24) is 9.21 Å². The van der Waals surface area contributed by atoms with Gasteiger partial charge in [-0.25, -0.2) is 12.8 Å². The normalized spacial score (nSPS) is 16.1. The van der Waals surface area contributed by atoms with Crippen LogP contribution in [0.25, 0.3) is 0 Å². The first-order chi connectivity index (χ1) is 11.5. The number of halogens is 1. The number of carbonyl (C=O) groups is 1. The lowest BCUT2D eigenvalue weighted by molar-refractivity contribution is 0.0698. The summed E-state index contributed by atoms with van der Waals surface area (Å²) in [6.45, 7) is 0.999. The third-order valence-corrected chi connectivity index (χ3v) is 5.88. The minimum atomic E-state index is -3.74. The van der Waals surface area contributed by atoms with Gasteiger partial charge in [-0.3, -0.25) is 4.79 Å². The van der Waals surface area contributed by atoms with Crippen LogP contribution in [-0.4, -0.2) is 49.7 Å². The van der Waals surface area contributed by atoms with Gasteiger partial charge in [0.2, 0.25) is 10.0 Å². The fraction of sp³-hybridized carbons (Fsp3) is 0.235. The number of carbonyl (C=O) groups excluding carboxylic acids is 1. The standard InChI is InChI=1S/C17H17FN2O3S/c18-15-7-4-8-16(13-15)24(22,23)20-11-9-19(10-12-20)17(21)14-5-2-1-3-6-14/h1-8,13H,9-12H2. The largest absolute Gasteiger partial charge is 0.336 e. The second kappa shape index (κ2) is 6.70. The maximum Gasteiger partial charge on any atom is 0.253 e. The summed E-state index contributed by atoms with van der Waals surface area (Å²) < 4.78 is 39.7. The van der Waals surface area contributed by atoms with E-state index >= 15 is 0 Å². The highest BCUT2D eigenvalue weighted by atomic mass is 32.2. The fourth-order valence-corrected chi connectivity index (χ4v) is 4.13. The van der Waals surface area contributed by atoms with Crippen LogP contribution in [0.4, 0.5) is 4.39 Å². The van der Waals surface area contributed by atoms with Gasteiger partial charge in [0, 0.05) is 31.7 Å². The van der Waals surface area contributed by atoms with Gasteiger partial charge in [0.15, 0.2) is 0 Å². The Kier molecular flexibility index (Phi) is 4.64. The fourth-order valence-electron chi connectivity index (χ4n) is 2.67. The Morgan fingerprint density at radius 3 is 2.21 bits per heavy atom. The van der Waals surface area contributed by atoms with E-state index in [0.29, 0.717) is 18.7 Å². The zero-order chi connectivity index (χ0) is 17.2. The van der Waals surface area contributed by atoms with E-state index in [4.69, 9.17) is 0 Å². The molecule has 1 heterocycles. The zero-order valence-electron chi connectivity index (χ0n) is 12.9. The Labute approximate surface area is 140 Å². The molecule has 7 heteroatoms. The summed E-state index contributed by atoms with van der Waals surface area (Å²) in [6, 6.07) is 13.8. The van der Waals surface area contributed by atoms with Crippen molar-refractivity contribution >= 4 is 15.9 Å². The van der Waals surface area contributed by atoms with Crippen LogP contribution in [-0.2, 0) is 10.0 Å². The molecule has 0 saturated carbocycles. The summed E-state index contributed by atoms with van der Waals surface area (Å²) in [7, 11) is -3.74. The molecule has 126 valence electrons. The van der Waals surface area contributed by atoms with E-state index < -0.39 is 15.8 Å². The summed E-state index contributed by atoms with van der Waals surface area (Å²) in [4.78, 5) is 13.9. The minimum absolute atomic E-state index is 0.0645. The number of hydrogen-bond acceptors (Lipinski definition) is 3. The van der Waals surface area contributed by atoms with Gasteiger partial charge in [-0.15, -0.1) is 0 Å². The number of amides is 1. The smallest absolute Gasteiger partial charge is 0.253 e.